The fraction of sp³-hybridized carbons (Fsp3) is 0.158. The first-order chi connectivity index (χ1) is 11.5. The van der Waals surface area contributed by atoms with E-state index in [0.29, 0.717) is 16.1 Å². The molecular formula is C19H17NO3S. The highest BCUT2D eigenvalue weighted by molar-refractivity contribution is 7.23. The van der Waals surface area contributed by atoms with Crippen molar-refractivity contribution >= 4 is 38.3 Å². The molecule has 2 aromatic carbocycles. The first-order valence-corrected chi connectivity index (χ1v) is 8.31. The Kier molecular flexibility index (Phi) is 4.36. The van der Waals surface area contributed by atoms with Crippen LogP contribution in [0.1, 0.15) is 31.8 Å². The Morgan fingerprint density at radius 2 is 1.83 bits per heavy atom. The highest BCUT2D eigenvalue weighted by atomic mass is 32.1. The second-order valence-electron chi connectivity index (χ2n) is 5.57. The number of ether oxygens (including phenoxy) is 1. The average Bonchev–Trinajstić information content (AvgIpc) is 2.94. The molecule has 3 aromatic rings. The van der Waals surface area contributed by atoms with Crippen LogP contribution in [0.3, 0.4) is 0 Å². The smallest absolute Gasteiger partial charge is 0.341 e. The van der Waals surface area contributed by atoms with Gasteiger partial charge in [0.1, 0.15) is 10.6 Å². The number of benzene rings is 2. The number of rotatable bonds is 3. The number of nitrogens with one attached hydrogen (secondary N) is 1. The zero-order valence-electron chi connectivity index (χ0n) is 13.7. The van der Waals surface area contributed by atoms with E-state index in [1.807, 2.05) is 56.3 Å². The van der Waals surface area contributed by atoms with Crippen molar-refractivity contribution in [3.8, 4) is 0 Å². The fourth-order valence-electron chi connectivity index (χ4n) is 2.59. The molecule has 0 aliphatic rings. The third-order valence-corrected chi connectivity index (χ3v) is 4.94. The summed E-state index contributed by atoms with van der Waals surface area (Å²) in [5.74, 6) is -0.684. The molecule has 0 atom stereocenters. The predicted molar refractivity (Wildman–Crippen MR) is 97.0 cm³/mol. The molecule has 0 fully saturated rings. The average molecular weight is 339 g/mol. The number of amides is 1. The summed E-state index contributed by atoms with van der Waals surface area (Å²) in [5.41, 5.74) is 2.90. The van der Waals surface area contributed by atoms with Crippen LogP contribution in [0.4, 0.5) is 5.00 Å². The van der Waals surface area contributed by atoms with Gasteiger partial charge in [-0.3, -0.25) is 4.79 Å². The van der Waals surface area contributed by atoms with E-state index in [4.69, 9.17) is 4.74 Å². The van der Waals surface area contributed by atoms with Crippen LogP contribution in [-0.4, -0.2) is 19.0 Å². The number of fused-ring (bicyclic) bond motifs is 1. The minimum Gasteiger partial charge on any atom is -0.465 e. The topological polar surface area (TPSA) is 55.4 Å². The molecule has 4 nitrogen and oxygen atoms in total. The van der Waals surface area contributed by atoms with Crippen LogP contribution in [-0.2, 0) is 4.74 Å². The van der Waals surface area contributed by atoms with Crippen LogP contribution in [0.2, 0.25) is 0 Å². The van der Waals surface area contributed by atoms with Gasteiger partial charge >= 0.3 is 5.97 Å². The van der Waals surface area contributed by atoms with Crippen molar-refractivity contribution in [2.75, 3.05) is 12.4 Å². The maximum absolute atomic E-state index is 12.7. The molecule has 1 N–H and O–H groups in total. The second kappa shape index (κ2) is 6.45. The summed E-state index contributed by atoms with van der Waals surface area (Å²) in [4.78, 5) is 24.9. The summed E-state index contributed by atoms with van der Waals surface area (Å²) in [6.45, 7) is 3.83. The van der Waals surface area contributed by atoms with Crippen LogP contribution < -0.4 is 5.32 Å². The van der Waals surface area contributed by atoms with E-state index < -0.39 is 5.97 Å². The van der Waals surface area contributed by atoms with Crippen LogP contribution >= 0.6 is 11.3 Å². The lowest BCUT2D eigenvalue weighted by Gasteiger charge is -2.08. The summed E-state index contributed by atoms with van der Waals surface area (Å²) < 4.78 is 5.82. The van der Waals surface area contributed by atoms with Gasteiger partial charge in [-0.1, -0.05) is 35.9 Å². The van der Waals surface area contributed by atoms with E-state index in [2.05, 4.69) is 5.32 Å². The van der Waals surface area contributed by atoms with Gasteiger partial charge in [0.25, 0.3) is 5.91 Å². The number of methoxy groups -OCH3 is 1. The standard InChI is InChI=1S/C19H17NO3S/c1-11-8-9-12(2)14(10-11)17(21)20-18-16(19(22)23-3)13-6-4-5-7-15(13)24-18/h4-10H,1-3H3,(H,20,21). The molecule has 0 saturated carbocycles. The number of hydrogen-bond acceptors (Lipinski definition) is 4. The minimum atomic E-state index is -0.455. The van der Waals surface area contributed by atoms with Crippen molar-refractivity contribution in [2.45, 2.75) is 13.8 Å². The van der Waals surface area contributed by atoms with Crippen LogP contribution in [0, 0.1) is 13.8 Å². The van der Waals surface area contributed by atoms with E-state index in [1.54, 1.807) is 0 Å². The van der Waals surface area contributed by atoms with Gasteiger partial charge in [-0.2, -0.15) is 0 Å². The molecule has 3 rings (SSSR count). The molecule has 0 unspecified atom stereocenters. The van der Waals surface area contributed by atoms with E-state index in [9.17, 15) is 9.59 Å². The van der Waals surface area contributed by atoms with Crippen molar-refractivity contribution in [1.82, 2.24) is 0 Å². The largest absolute Gasteiger partial charge is 0.465 e. The lowest BCUT2D eigenvalue weighted by molar-refractivity contribution is 0.0604. The molecule has 0 aliphatic carbocycles. The Labute approximate surface area is 144 Å². The van der Waals surface area contributed by atoms with Gasteiger partial charge in [-0.05, 0) is 31.5 Å². The summed E-state index contributed by atoms with van der Waals surface area (Å²) in [7, 11) is 1.34. The van der Waals surface area contributed by atoms with Gasteiger partial charge in [0.05, 0.1) is 7.11 Å². The molecule has 122 valence electrons. The molecule has 1 amide bonds. The lowest BCUT2D eigenvalue weighted by atomic mass is 10.1. The van der Waals surface area contributed by atoms with Gasteiger partial charge in [0.15, 0.2) is 0 Å². The third kappa shape index (κ3) is 2.90. The van der Waals surface area contributed by atoms with Crippen LogP contribution in [0.15, 0.2) is 42.5 Å². The van der Waals surface area contributed by atoms with E-state index in [-0.39, 0.29) is 5.91 Å². The number of anilines is 1. The summed E-state index contributed by atoms with van der Waals surface area (Å²) in [6.07, 6.45) is 0. The molecule has 0 saturated heterocycles. The molecule has 0 spiro atoms. The number of carbonyl (C=O) groups excluding carboxylic acids is 2. The molecule has 24 heavy (non-hydrogen) atoms. The second-order valence-corrected chi connectivity index (χ2v) is 6.62. The highest BCUT2D eigenvalue weighted by Gasteiger charge is 2.21. The minimum absolute atomic E-state index is 0.229. The number of thiophene rings is 1. The van der Waals surface area contributed by atoms with Crippen molar-refractivity contribution in [3.05, 3.63) is 64.7 Å². The van der Waals surface area contributed by atoms with E-state index in [0.717, 1.165) is 21.2 Å². The predicted octanol–water partition coefficient (Wildman–Crippen LogP) is 4.56. The van der Waals surface area contributed by atoms with Crippen LogP contribution in [0.25, 0.3) is 10.1 Å². The number of hydrogen-bond donors (Lipinski definition) is 1. The molecule has 1 heterocycles. The number of aryl methyl sites for hydroxylation is 2. The number of esters is 1. The Hall–Kier alpha value is -2.66. The Balaban J connectivity index is 2.05. The molecule has 0 bridgehead atoms. The zero-order valence-corrected chi connectivity index (χ0v) is 14.5. The van der Waals surface area contributed by atoms with Crippen LogP contribution in [0.5, 0.6) is 0 Å². The molecule has 1 aromatic heterocycles. The van der Waals surface area contributed by atoms with Gasteiger partial charge in [0, 0.05) is 15.6 Å². The van der Waals surface area contributed by atoms with Crippen molar-refractivity contribution in [2.24, 2.45) is 0 Å². The normalized spacial score (nSPS) is 10.6. The lowest BCUT2D eigenvalue weighted by Crippen LogP contribution is -2.15. The Morgan fingerprint density at radius 3 is 2.58 bits per heavy atom. The molecule has 0 aliphatic heterocycles. The first-order valence-electron chi connectivity index (χ1n) is 7.49. The Bertz CT molecular complexity index is 943. The van der Waals surface area contributed by atoms with Gasteiger partial charge < -0.3 is 10.1 Å². The summed E-state index contributed by atoms with van der Waals surface area (Å²) in [5, 5.41) is 4.17. The van der Waals surface area contributed by atoms with Crippen molar-refractivity contribution in [3.63, 3.8) is 0 Å². The molecule has 5 heteroatoms. The molecule has 0 radical (unpaired) electrons. The highest BCUT2D eigenvalue weighted by Crippen LogP contribution is 2.36. The maximum Gasteiger partial charge on any atom is 0.341 e. The first kappa shape index (κ1) is 16.2. The van der Waals surface area contributed by atoms with Crippen molar-refractivity contribution < 1.29 is 14.3 Å². The van der Waals surface area contributed by atoms with Gasteiger partial charge in [0.2, 0.25) is 0 Å². The zero-order chi connectivity index (χ0) is 17.3. The SMILES string of the molecule is COC(=O)c1c(NC(=O)c2cc(C)ccc2C)sc2ccccc12. The van der Waals surface area contributed by atoms with Crippen molar-refractivity contribution in [1.29, 1.82) is 0 Å². The summed E-state index contributed by atoms with van der Waals surface area (Å²) >= 11 is 1.37. The molecular weight excluding hydrogens is 322 g/mol. The van der Waals surface area contributed by atoms with Gasteiger partial charge in [-0.15, -0.1) is 11.3 Å². The third-order valence-electron chi connectivity index (χ3n) is 3.85. The van der Waals surface area contributed by atoms with E-state index >= 15 is 0 Å². The maximum atomic E-state index is 12.7. The fourth-order valence-corrected chi connectivity index (χ4v) is 3.67. The van der Waals surface area contributed by atoms with Gasteiger partial charge in [-0.25, -0.2) is 4.79 Å². The summed E-state index contributed by atoms with van der Waals surface area (Å²) in [6, 6.07) is 13.2. The monoisotopic (exact) mass is 339 g/mol. The van der Waals surface area contributed by atoms with E-state index in [1.165, 1.54) is 18.4 Å². The number of carbonyl (C=O) groups is 2. The quantitative estimate of drug-likeness (QED) is 0.712. The Morgan fingerprint density at radius 1 is 1.08 bits per heavy atom.